The van der Waals surface area contributed by atoms with Gasteiger partial charge in [0.15, 0.2) is 5.82 Å². The lowest BCUT2D eigenvalue weighted by Gasteiger charge is -2.33. The quantitative estimate of drug-likeness (QED) is 0.681. The number of hydrogen-bond donors (Lipinski definition) is 1. The Balaban J connectivity index is 1.34. The summed E-state index contributed by atoms with van der Waals surface area (Å²) in [5.74, 6) is 0.649. The van der Waals surface area contributed by atoms with E-state index in [-0.39, 0.29) is 19.1 Å². The number of piperazine rings is 1. The molecule has 0 saturated carbocycles. The second-order valence-electron chi connectivity index (χ2n) is 6.54. The van der Waals surface area contributed by atoms with Crippen LogP contribution < -0.4 is 5.32 Å². The van der Waals surface area contributed by atoms with Crippen LogP contribution in [0.25, 0.3) is 5.82 Å². The molecule has 2 amide bonds. The van der Waals surface area contributed by atoms with Crippen molar-refractivity contribution in [3.63, 3.8) is 0 Å². The molecule has 1 aliphatic rings. The third kappa shape index (κ3) is 4.16. The SMILES string of the molecule is Cc1ccc(S(=O)(=O)N2CCN(C(=O)Nc3ccc(-n4cccn4)nc3)CC2)s1. The van der Waals surface area contributed by atoms with Crippen molar-refractivity contribution in [1.82, 2.24) is 24.0 Å². The molecule has 11 heteroatoms. The van der Waals surface area contributed by atoms with E-state index in [9.17, 15) is 13.2 Å². The Bertz CT molecular complexity index is 1090. The lowest BCUT2D eigenvalue weighted by molar-refractivity contribution is 0.184. The first-order valence-corrected chi connectivity index (χ1v) is 11.3. The van der Waals surface area contributed by atoms with E-state index in [1.165, 1.54) is 15.6 Å². The number of nitrogens with zero attached hydrogens (tertiary/aromatic N) is 5. The van der Waals surface area contributed by atoms with E-state index in [1.807, 2.05) is 6.92 Å². The first kappa shape index (κ1) is 19.6. The average Bonchev–Trinajstić information content (AvgIpc) is 3.41. The van der Waals surface area contributed by atoms with Crippen LogP contribution >= 0.6 is 11.3 Å². The monoisotopic (exact) mass is 432 g/mol. The topological polar surface area (TPSA) is 100 Å². The van der Waals surface area contributed by atoms with Gasteiger partial charge in [-0.15, -0.1) is 11.3 Å². The van der Waals surface area contributed by atoms with Crippen molar-refractivity contribution < 1.29 is 13.2 Å². The lowest BCUT2D eigenvalue weighted by atomic mass is 10.3. The molecule has 4 rings (SSSR count). The highest BCUT2D eigenvalue weighted by atomic mass is 32.2. The molecule has 1 fully saturated rings. The number of amides is 2. The first-order chi connectivity index (χ1) is 13.9. The third-order valence-electron chi connectivity index (χ3n) is 4.57. The Hall–Kier alpha value is -2.76. The Morgan fingerprint density at radius 2 is 1.93 bits per heavy atom. The number of aromatic nitrogens is 3. The molecule has 152 valence electrons. The summed E-state index contributed by atoms with van der Waals surface area (Å²) in [6, 6.07) is 8.47. The van der Waals surface area contributed by atoms with Gasteiger partial charge in [-0.2, -0.15) is 9.40 Å². The Labute approximate surface area is 172 Å². The van der Waals surface area contributed by atoms with E-state index in [0.29, 0.717) is 28.8 Å². The maximum absolute atomic E-state index is 12.7. The number of urea groups is 1. The number of nitrogens with one attached hydrogen (secondary N) is 1. The second kappa shape index (κ2) is 7.93. The maximum Gasteiger partial charge on any atom is 0.321 e. The maximum atomic E-state index is 12.7. The molecule has 0 spiro atoms. The predicted octanol–water partition coefficient (Wildman–Crippen LogP) is 2.18. The molecule has 1 N–H and O–H groups in total. The highest BCUT2D eigenvalue weighted by molar-refractivity contribution is 7.91. The van der Waals surface area contributed by atoms with Crippen molar-refractivity contribution in [3.05, 3.63) is 53.8 Å². The summed E-state index contributed by atoms with van der Waals surface area (Å²) in [6.45, 7) is 3.07. The molecule has 0 atom stereocenters. The summed E-state index contributed by atoms with van der Waals surface area (Å²) in [5, 5.41) is 6.91. The van der Waals surface area contributed by atoms with Crippen LogP contribution in [0.4, 0.5) is 10.5 Å². The Morgan fingerprint density at radius 1 is 1.14 bits per heavy atom. The number of carbonyl (C=O) groups excluding carboxylic acids is 1. The van der Waals surface area contributed by atoms with Crippen LogP contribution in [-0.4, -0.2) is 64.6 Å². The van der Waals surface area contributed by atoms with E-state index in [1.54, 1.807) is 58.5 Å². The van der Waals surface area contributed by atoms with Gasteiger partial charge in [0, 0.05) is 43.4 Å². The van der Waals surface area contributed by atoms with E-state index in [0.717, 1.165) is 4.88 Å². The highest BCUT2D eigenvalue weighted by Crippen LogP contribution is 2.25. The van der Waals surface area contributed by atoms with Crippen molar-refractivity contribution in [2.24, 2.45) is 0 Å². The van der Waals surface area contributed by atoms with Crippen LogP contribution in [0.3, 0.4) is 0 Å². The minimum atomic E-state index is -3.50. The molecule has 0 aromatic carbocycles. The van der Waals surface area contributed by atoms with E-state index >= 15 is 0 Å². The van der Waals surface area contributed by atoms with Gasteiger partial charge in [-0.25, -0.2) is 22.9 Å². The molecule has 29 heavy (non-hydrogen) atoms. The third-order valence-corrected chi connectivity index (χ3v) is 7.94. The van der Waals surface area contributed by atoms with Crippen LogP contribution in [0.2, 0.25) is 0 Å². The summed E-state index contributed by atoms with van der Waals surface area (Å²) >= 11 is 1.26. The molecule has 0 bridgehead atoms. The molecule has 3 aromatic rings. The number of thiophene rings is 1. The zero-order valence-electron chi connectivity index (χ0n) is 15.7. The smallest absolute Gasteiger partial charge is 0.321 e. The van der Waals surface area contributed by atoms with Gasteiger partial charge in [0.1, 0.15) is 4.21 Å². The van der Waals surface area contributed by atoms with Gasteiger partial charge in [0.2, 0.25) is 0 Å². The molecule has 1 aliphatic heterocycles. The number of rotatable bonds is 4. The number of aryl methyl sites for hydroxylation is 1. The highest BCUT2D eigenvalue weighted by Gasteiger charge is 2.31. The number of anilines is 1. The van der Waals surface area contributed by atoms with Crippen molar-refractivity contribution in [3.8, 4) is 5.82 Å². The molecule has 3 aromatic heterocycles. The number of carbonyl (C=O) groups is 1. The largest absolute Gasteiger partial charge is 0.322 e. The Morgan fingerprint density at radius 3 is 2.52 bits per heavy atom. The van der Waals surface area contributed by atoms with Crippen LogP contribution in [0.1, 0.15) is 4.88 Å². The molecule has 0 unspecified atom stereocenters. The summed E-state index contributed by atoms with van der Waals surface area (Å²) < 4.78 is 28.8. The summed E-state index contributed by atoms with van der Waals surface area (Å²) in [4.78, 5) is 19.4. The fourth-order valence-electron chi connectivity index (χ4n) is 3.01. The molecule has 0 aliphatic carbocycles. The number of pyridine rings is 1. The van der Waals surface area contributed by atoms with E-state index in [4.69, 9.17) is 0 Å². The summed E-state index contributed by atoms with van der Waals surface area (Å²) in [5.41, 5.74) is 0.565. The fraction of sp³-hybridized carbons (Fsp3) is 0.278. The predicted molar refractivity (Wildman–Crippen MR) is 110 cm³/mol. The fourth-order valence-corrected chi connectivity index (χ4v) is 5.87. The van der Waals surface area contributed by atoms with Gasteiger partial charge < -0.3 is 10.2 Å². The standard InChI is InChI=1S/C18H20N6O3S2/c1-14-3-6-17(28-14)29(26,27)23-11-9-22(10-12-23)18(25)21-15-4-5-16(19-13-15)24-8-2-7-20-24/h2-8,13H,9-12H2,1H3,(H,21,25). The van der Waals surface area contributed by atoms with Gasteiger partial charge in [0.25, 0.3) is 10.0 Å². The minimum absolute atomic E-state index is 0.267. The van der Waals surface area contributed by atoms with Crippen molar-refractivity contribution in [2.75, 3.05) is 31.5 Å². The molecular weight excluding hydrogens is 412 g/mol. The van der Waals surface area contributed by atoms with Crippen LogP contribution in [0, 0.1) is 6.92 Å². The van der Waals surface area contributed by atoms with Crippen LogP contribution in [-0.2, 0) is 10.0 Å². The summed E-state index contributed by atoms with van der Waals surface area (Å²) in [6.07, 6.45) is 5.01. The van der Waals surface area contributed by atoms with Crippen LogP contribution in [0.5, 0.6) is 0 Å². The average molecular weight is 433 g/mol. The normalized spacial score (nSPS) is 15.4. The molecule has 0 radical (unpaired) electrons. The summed E-state index contributed by atoms with van der Waals surface area (Å²) in [7, 11) is -3.50. The van der Waals surface area contributed by atoms with Gasteiger partial charge in [-0.1, -0.05) is 0 Å². The van der Waals surface area contributed by atoms with E-state index < -0.39 is 10.0 Å². The molecule has 4 heterocycles. The van der Waals surface area contributed by atoms with Gasteiger partial charge in [0.05, 0.1) is 11.9 Å². The van der Waals surface area contributed by atoms with Gasteiger partial charge in [-0.05, 0) is 37.3 Å². The minimum Gasteiger partial charge on any atom is -0.322 e. The first-order valence-electron chi connectivity index (χ1n) is 9.02. The van der Waals surface area contributed by atoms with E-state index in [2.05, 4.69) is 15.4 Å². The van der Waals surface area contributed by atoms with Crippen molar-refractivity contribution in [1.29, 1.82) is 0 Å². The number of hydrogen-bond acceptors (Lipinski definition) is 6. The second-order valence-corrected chi connectivity index (χ2v) is 9.99. The zero-order valence-corrected chi connectivity index (χ0v) is 17.4. The molecule has 9 nitrogen and oxygen atoms in total. The van der Waals surface area contributed by atoms with Crippen molar-refractivity contribution in [2.45, 2.75) is 11.1 Å². The number of sulfonamides is 1. The lowest BCUT2D eigenvalue weighted by Crippen LogP contribution is -2.51. The van der Waals surface area contributed by atoms with Crippen molar-refractivity contribution >= 4 is 33.1 Å². The zero-order chi connectivity index (χ0) is 20.4. The molecule has 1 saturated heterocycles. The molecular formula is C18H20N6O3S2. The van der Waals surface area contributed by atoms with Gasteiger partial charge in [-0.3, -0.25) is 0 Å². The van der Waals surface area contributed by atoms with Crippen LogP contribution in [0.15, 0.2) is 53.1 Å². The Kier molecular flexibility index (Phi) is 5.35. The van der Waals surface area contributed by atoms with Gasteiger partial charge >= 0.3 is 6.03 Å².